The summed E-state index contributed by atoms with van der Waals surface area (Å²) in [6, 6.07) is 1.55. The van der Waals surface area contributed by atoms with Crippen molar-refractivity contribution >= 4 is 59.2 Å². The van der Waals surface area contributed by atoms with Crippen molar-refractivity contribution in [3.8, 4) is 0 Å². The summed E-state index contributed by atoms with van der Waals surface area (Å²) in [4.78, 5) is 2.80. The zero-order chi connectivity index (χ0) is 12.3. The molecular weight excluding hydrogens is 311 g/mol. The van der Waals surface area contributed by atoms with Gasteiger partial charge in [-0.15, -0.1) is 0 Å². The Morgan fingerprint density at radius 2 is 2.06 bits per heavy atom. The number of aromatic amines is 1. The highest BCUT2D eigenvalue weighted by molar-refractivity contribution is 7.72. The molecule has 8 heteroatoms. The molecule has 16 heavy (non-hydrogen) atoms. The number of hydrogen-bond donors (Lipinski definition) is 1. The normalized spacial score (nSPS) is 11.8. The molecule has 0 saturated carbocycles. The third kappa shape index (κ3) is 3.68. The van der Waals surface area contributed by atoms with Crippen LogP contribution in [0.25, 0.3) is 0 Å². The fourth-order valence-electron chi connectivity index (χ4n) is 1.07. The van der Waals surface area contributed by atoms with Crippen LogP contribution in [0.15, 0.2) is 6.07 Å². The molecule has 0 unspecified atom stereocenters. The Morgan fingerprint density at radius 3 is 2.56 bits per heavy atom. The second-order valence-electron chi connectivity index (χ2n) is 2.87. The van der Waals surface area contributed by atoms with Crippen LogP contribution in [0.5, 0.6) is 0 Å². The highest BCUT2D eigenvalue weighted by Gasteiger charge is 2.26. The van der Waals surface area contributed by atoms with E-state index in [1.54, 1.807) is 10.6 Å². The molecule has 1 N–H and O–H groups in total. The topological polar surface area (TPSA) is 29.9 Å². The molecule has 0 aromatic carbocycles. The summed E-state index contributed by atoms with van der Waals surface area (Å²) in [5.74, 6) is 0. The largest absolute Gasteiger partial charge is 0.361 e. The number of aromatic nitrogens is 2. The maximum absolute atomic E-state index is 5.83. The molecule has 0 aliphatic carbocycles. The van der Waals surface area contributed by atoms with Crippen LogP contribution in [0.1, 0.15) is 12.6 Å². The molecule has 0 fully saturated rings. The zero-order valence-corrected chi connectivity index (χ0v) is 12.2. The Hall–Kier alpha value is 0.350. The Kier molecular flexibility index (Phi) is 5.22. The lowest BCUT2D eigenvalue weighted by atomic mass is 10.4. The SMILES string of the molecule is CCOCn1c(C(Cl)(Cl)Cl)cc(=S)[nH]c1=S. The first-order chi connectivity index (χ1) is 7.36. The molecule has 90 valence electrons. The second-order valence-corrected chi connectivity index (χ2v) is 5.98. The molecule has 1 aromatic rings. The summed E-state index contributed by atoms with van der Waals surface area (Å²) in [5, 5.41) is 0. The molecule has 3 nitrogen and oxygen atoms in total. The van der Waals surface area contributed by atoms with Crippen molar-refractivity contribution in [1.29, 1.82) is 0 Å². The van der Waals surface area contributed by atoms with E-state index in [2.05, 4.69) is 4.98 Å². The minimum absolute atomic E-state index is 0.213. The van der Waals surface area contributed by atoms with Crippen molar-refractivity contribution in [1.82, 2.24) is 9.55 Å². The maximum atomic E-state index is 5.83. The predicted molar refractivity (Wildman–Crippen MR) is 71.3 cm³/mol. The number of halogens is 3. The van der Waals surface area contributed by atoms with Gasteiger partial charge in [0.05, 0.1) is 5.69 Å². The summed E-state index contributed by atoms with van der Waals surface area (Å²) in [6.07, 6.45) is 0. The molecule has 0 bridgehead atoms. The van der Waals surface area contributed by atoms with Crippen molar-refractivity contribution in [3.05, 3.63) is 21.2 Å². The Bertz CT molecular complexity index is 477. The first-order valence-corrected chi connectivity index (χ1v) is 6.30. The summed E-state index contributed by atoms with van der Waals surface area (Å²) in [7, 11) is 0. The standard InChI is InChI=1S/C8H9Cl3N2OS2/c1-2-14-4-13-5(8(9,10)11)3-6(15)12-7(13)16/h3H,2,4H2,1H3,(H,12,15,16). The summed E-state index contributed by atoms with van der Waals surface area (Å²) in [5.41, 5.74) is 0.389. The van der Waals surface area contributed by atoms with Gasteiger partial charge in [0.25, 0.3) is 0 Å². The van der Waals surface area contributed by atoms with Crippen LogP contribution in [0.3, 0.4) is 0 Å². The summed E-state index contributed by atoms with van der Waals surface area (Å²) < 4.78 is 5.99. The van der Waals surface area contributed by atoms with Gasteiger partial charge in [-0.2, -0.15) is 0 Å². The van der Waals surface area contributed by atoms with Gasteiger partial charge in [-0.05, 0) is 25.2 Å². The highest BCUT2D eigenvalue weighted by atomic mass is 35.6. The van der Waals surface area contributed by atoms with Crippen LogP contribution < -0.4 is 0 Å². The Balaban J connectivity index is 3.33. The van der Waals surface area contributed by atoms with Gasteiger partial charge in [-0.1, -0.05) is 47.0 Å². The average molecular weight is 320 g/mol. The first kappa shape index (κ1) is 14.4. The number of ether oxygens (including phenoxy) is 1. The van der Waals surface area contributed by atoms with E-state index in [9.17, 15) is 0 Å². The number of H-pyrrole nitrogens is 1. The fourth-order valence-corrected chi connectivity index (χ4v) is 2.07. The number of hydrogen-bond acceptors (Lipinski definition) is 3. The van der Waals surface area contributed by atoms with E-state index >= 15 is 0 Å². The van der Waals surface area contributed by atoms with E-state index in [1.807, 2.05) is 6.92 Å². The van der Waals surface area contributed by atoms with Gasteiger partial charge in [0.15, 0.2) is 4.77 Å². The molecule has 0 aliphatic heterocycles. The molecule has 0 atom stereocenters. The monoisotopic (exact) mass is 318 g/mol. The van der Waals surface area contributed by atoms with Crippen LogP contribution >= 0.6 is 59.2 Å². The molecule has 1 aromatic heterocycles. The smallest absolute Gasteiger partial charge is 0.230 e. The average Bonchev–Trinajstić information content (AvgIpc) is 2.14. The Labute approximate surface area is 118 Å². The van der Waals surface area contributed by atoms with Gasteiger partial charge in [0.1, 0.15) is 11.4 Å². The van der Waals surface area contributed by atoms with Gasteiger partial charge < -0.3 is 9.72 Å². The van der Waals surface area contributed by atoms with E-state index in [0.29, 0.717) is 21.7 Å². The molecule has 1 rings (SSSR count). The minimum atomic E-state index is -1.59. The minimum Gasteiger partial charge on any atom is -0.361 e. The molecular formula is C8H9Cl3N2OS2. The lowest BCUT2D eigenvalue weighted by Crippen LogP contribution is -2.17. The van der Waals surface area contributed by atoms with Crippen LogP contribution in [-0.2, 0) is 15.3 Å². The molecule has 0 radical (unpaired) electrons. The van der Waals surface area contributed by atoms with Gasteiger partial charge in [-0.25, -0.2) is 0 Å². The van der Waals surface area contributed by atoms with Crippen molar-refractivity contribution in [2.45, 2.75) is 17.4 Å². The number of nitrogens with one attached hydrogen (secondary N) is 1. The van der Waals surface area contributed by atoms with Gasteiger partial charge >= 0.3 is 0 Å². The lowest BCUT2D eigenvalue weighted by molar-refractivity contribution is 0.0837. The fraction of sp³-hybridized carbons (Fsp3) is 0.500. The molecule has 0 saturated heterocycles. The number of rotatable bonds is 3. The highest BCUT2D eigenvalue weighted by Crippen LogP contribution is 2.38. The van der Waals surface area contributed by atoms with E-state index in [1.165, 1.54) is 0 Å². The van der Waals surface area contributed by atoms with E-state index in [4.69, 9.17) is 64.0 Å². The van der Waals surface area contributed by atoms with Crippen molar-refractivity contribution < 1.29 is 4.74 Å². The number of nitrogens with zero attached hydrogens (tertiary/aromatic N) is 1. The summed E-state index contributed by atoms with van der Waals surface area (Å²) >= 11 is 27.6. The van der Waals surface area contributed by atoms with Crippen molar-refractivity contribution in [3.63, 3.8) is 0 Å². The molecule has 0 aliphatic rings. The van der Waals surface area contributed by atoms with Crippen molar-refractivity contribution in [2.75, 3.05) is 6.61 Å². The molecule has 0 amide bonds. The zero-order valence-electron chi connectivity index (χ0n) is 8.30. The van der Waals surface area contributed by atoms with Crippen molar-refractivity contribution in [2.24, 2.45) is 0 Å². The molecule has 1 heterocycles. The maximum Gasteiger partial charge on any atom is 0.230 e. The second kappa shape index (κ2) is 5.80. The van der Waals surface area contributed by atoms with Crippen LogP contribution in [0, 0.1) is 9.41 Å². The predicted octanol–water partition coefficient (Wildman–Crippen LogP) is 4.10. The van der Waals surface area contributed by atoms with E-state index < -0.39 is 3.79 Å². The van der Waals surface area contributed by atoms with Gasteiger partial charge in [-0.3, -0.25) is 4.57 Å². The number of alkyl halides is 3. The van der Waals surface area contributed by atoms with Gasteiger partial charge in [0.2, 0.25) is 3.79 Å². The van der Waals surface area contributed by atoms with Crippen LogP contribution in [0.2, 0.25) is 0 Å². The Morgan fingerprint density at radius 1 is 1.44 bits per heavy atom. The van der Waals surface area contributed by atoms with Crippen LogP contribution in [0.4, 0.5) is 0 Å². The summed E-state index contributed by atoms with van der Waals surface area (Å²) in [6.45, 7) is 2.62. The van der Waals surface area contributed by atoms with Gasteiger partial charge in [0, 0.05) is 6.61 Å². The lowest BCUT2D eigenvalue weighted by Gasteiger charge is -2.18. The van der Waals surface area contributed by atoms with E-state index in [-0.39, 0.29) is 6.73 Å². The third-order valence-electron chi connectivity index (χ3n) is 1.75. The first-order valence-electron chi connectivity index (χ1n) is 4.35. The van der Waals surface area contributed by atoms with E-state index in [0.717, 1.165) is 0 Å². The molecule has 0 spiro atoms. The quantitative estimate of drug-likeness (QED) is 0.672. The van der Waals surface area contributed by atoms with Crippen LogP contribution in [-0.4, -0.2) is 16.2 Å². The third-order valence-corrected chi connectivity index (χ3v) is 2.87.